The minimum atomic E-state index is 0.425. The van der Waals surface area contributed by atoms with Crippen LogP contribution in [0.25, 0.3) is 0 Å². The molecule has 1 aliphatic rings. The van der Waals surface area contributed by atoms with Crippen molar-refractivity contribution in [2.24, 2.45) is 0 Å². The molecular formula is C15H23BrN2. The zero-order valence-corrected chi connectivity index (χ0v) is 13.0. The van der Waals surface area contributed by atoms with Crippen LogP contribution in [0.15, 0.2) is 22.7 Å². The van der Waals surface area contributed by atoms with Gasteiger partial charge in [-0.15, -0.1) is 0 Å². The summed E-state index contributed by atoms with van der Waals surface area (Å²) < 4.78 is 1.23. The first kappa shape index (κ1) is 13.9. The molecule has 1 unspecified atom stereocenters. The lowest BCUT2D eigenvalue weighted by Gasteiger charge is -2.21. The van der Waals surface area contributed by atoms with E-state index in [1.54, 1.807) is 0 Å². The first-order chi connectivity index (χ1) is 8.72. The topological polar surface area (TPSA) is 15.3 Å². The van der Waals surface area contributed by atoms with Crippen LogP contribution in [0.5, 0.6) is 0 Å². The molecule has 18 heavy (non-hydrogen) atoms. The fraction of sp³-hybridized carbons (Fsp3) is 0.600. The molecule has 0 radical (unpaired) electrons. The Morgan fingerprint density at radius 3 is 2.67 bits per heavy atom. The quantitative estimate of drug-likeness (QED) is 0.880. The van der Waals surface area contributed by atoms with Crippen molar-refractivity contribution in [1.82, 2.24) is 5.32 Å². The van der Waals surface area contributed by atoms with Gasteiger partial charge >= 0.3 is 0 Å². The fourth-order valence-corrected chi connectivity index (χ4v) is 3.13. The summed E-state index contributed by atoms with van der Waals surface area (Å²) in [4.78, 5) is 2.47. The standard InChI is InChI=1S/C15H23BrN2/c1-3-8-17-12(2)13-6-7-15(14(16)11-13)18-9-4-5-10-18/h6-7,11-12,17H,3-5,8-10H2,1-2H3. The number of nitrogens with zero attached hydrogens (tertiary/aromatic N) is 1. The summed E-state index contributed by atoms with van der Waals surface area (Å²) in [6.07, 6.45) is 3.82. The van der Waals surface area contributed by atoms with E-state index in [9.17, 15) is 0 Å². The number of hydrogen-bond acceptors (Lipinski definition) is 2. The third kappa shape index (κ3) is 3.27. The highest BCUT2D eigenvalue weighted by Gasteiger charge is 2.15. The number of rotatable bonds is 5. The van der Waals surface area contributed by atoms with Crippen LogP contribution in [0.3, 0.4) is 0 Å². The Morgan fingerprint density at radius 2 is 2.06 bits per heavy atom. The molecule has 1 N–H and O–H groups in total. The summed E-state index contributed by atoms with van der Waals surface area (Å²) >= 11 is 3.72. The van der Waals surface area contributed by atoms with Gasteiger partial charge in [-0.1, -0.05) is 13.0 Å². The lowest BCUT2D eigenvalue weighted by Crippen LogP contribution is -2.20. The maximum Gasteiger partial charge on any atom is 0.0510 e. The molecule has 1 heterocycles. The van der Waals surface area contributed by atoms with Gasteiger partial charge in [0.15, 0.2) is 0 Å². The van der Waals surface area contributed by atoms with Crippen molar-refractivity contribution >= 4 is 21.6 Å². The molecule has 1 atom stereocenters. The lowest BCUT2D eigenvalue weighted by molar-refractivity contribution is 0.570. The maximum atomic E-state index is 3.72. The third-order valence-corrected chi connectivity index (χ3v) is 4.25. The Labute approximate surface area is 119 Å². The van der Waals surface area contributed by atoms with Gasteiger partial charge in [0.1, 0.15) is 0 Å². The van der Waals surface area contributed by atoms with Gasteiger partial charge in [-0.05, 0) is 66.4 Å². The molecular weight excluding hydrogens is 288 g/mol. The summed E-state index contributed by atoms with van der Waals surface area (Å²) in [7, 11) is 0. The number of anilines is 1. The first-order valence-electron chi connectivity index (χ1n) is 7.00. The molecule has 100 valence electrons. The summed E-state index contributed by atoms with van der Waals surface area (Å²) in [6, 6.07) is 7.20. The number of hydrogen-bond donors (Lipinski definition) is 1. The average molecular weight is 311 g/mol. The number of nitrogens with one attached hydrogen (secondary N) is 1. The molecule has 0 saturated carbocycles. The highest BCUT2D eigenvalue weighted by Crippen LogP contribution is 2.31. The fourth-order valence-electron chi connectivity index (χ4n) is 2.49. The van der Waals surface area contributed by atoms with E-state index in [-0.39, 0.29) is 0 Å². The Kier molecular flexibility index (Phi) is 5.07. The Morgan fingerprint density at radius 1 is 1.33 bits per heavy atom. The molecule has 0 spiro atoms. The van der Waals surface area contributed by atoms with E-state index in [0.29, 0.717) is 6.04 Å². The highest BCUT2D eigenvalue weighted by molar-refractivity contribution is 9.10. The molecule has 0 aliphatic carbocycles. The van der Waals surface area contributed by atoms with E-state index in [4.69, 9.17) is 0 Å². The van der Waals surface area contributed by atoms with E-state index in [1.807, 2.05) is 0 Å². The van der Waals surface area contributed by atoms with Gasteiger partial charge in [-0.2, -0.15) is 0 Å². The molecule has 0 amide bonds. The van der Waals surface area contributed by atoms with Crippen LogP contribution in [0, 0.1) is 0 Å². The van der Waals surface area contributed by atoms with Gasteiger partial charge in [0.2, 0.25) is 0 Å². The molecule has 1 fully saturated rings. The van der Waals surface area contributed by atoms with Crippen LogP contribution < -0.4 is 10.2 Å². The van der Waals surface area contributed by atoms with E-state index in [1.165, 1.54) is 48.1 Å². The summed E-state index contributed by atoms with van der Waals surface area (Å²) in [6.45, 7) is 7.90. The van der Waals surface area contributed by atoms with Crippen molar-refractivity contribution in [2.45, 2.75) is 39.2 Å². The Balaban J connectivity index is 2.08. The summed E-state index contributed by atoms with van der Waals surface area (Å²) in [5.41, 5.74) is 2.71. The molecule has 2 rings (SSSR count). The van der Waals surface area contributed by atoms with Crippen molar-refractivity contribution in [3.05, 3.63) is 28.2 Å². The normalized spacial score (nSPS) is 17.2. The maximum absolute atomic E-state index is 3.72. The zero-order valence-electron chi connectivity index (χ0n) is 11.4. The average Bonchev–Trinajstić information content (AvgIpc) is 2.89. The second-order valence-corrected chi connectivity index (χ2v) is 5.94. The molecule has 0 bridgehead atoms. The van der Waals surface area contributed by atoms with Crippen LogP contribution in [0.2, 0.25) is 0 Å². The molecule has 1 aliphatic heterocycles. The Hall–Kier alpha value is -0.540. The Bertz CT molecular complexity index is 386. The van der Waals surface area contributed by atoms with Crippen LogP contribution in [0.4, 0.5) is 5.69 Å². The zero-order chi connectivity index (χ0) is 13.0. The van der Waals surface area contributed by atoms with Crippen molar-refractivity contribution in [3.63, 3.8) is 0 Å². The van der Waals surface area contributed by atoms with Crippen LogP contribution in [-0.2, 0) is 0 Å². The van der Waals surface area contributed by atoms with Gasteiger partial charge in [-0.25, -0.2) is 0 Å². The first-order valence-corrected chi connectivity index (χ1v) is 7.79. The van der Waals surface area contributed by atoms with E-state index >= 15 is 0 Å². The van der Waals surface area contributed by atoms with E-state index in [0.717, 1.165) is 6.54 Å². The van der Waals surface area contributed by atoms with Crippen LogP contribution in [0.1, 0.15) is 44.7 Å². The molecule has 2 nitrogen and oxygen atoms in total. The molecule has 1 saturated heterocycles. The second kappa shape index (κ2) is 6.58. The van der Waals surface area contributed by atoms with Crippen LogP contribution >= 0.6 is 15.9 Å². The SMILES string of the molecule is CCCNC(C)c1ccc(N2CCCC2)c(Br)c1. The van der Waals surface area contributed by atoms with Crippen molar-refractivity contribution < 1.29 is 0 Å². The lowest BCUT2D eigenvalue weighted by atomic mass is 10.1. The van der Waals surface area contributed by atoms with Crippen molar-refractivity contribution in [2.75, 3.05) is 24.5 Å². The molecule has 0 aromatic heterocycles. The number of halogens is 1. The largest absolute Gasteiger partial charge is 0.371 e. The van der Waals surface area contributed by atoms with Crippen molar-refractivity contribution in [1.29, 1.82) is 0 Å². The number of benzene rings is 1. The van der Waals surface area contributed by atoms with Gasteiger partial charge < -0.3 is 10.2 Å². The smallest absolute Gasteiger partial charge is 0.0510 e. The summed E-state index contributed by atoms with van der Waals surface area (Å²) in [5, 5.41) is 3.53. The van der Waals surface area contributed by atoms with Gasteiger partial charge in [-0.3, -0.25) is 0 Å². The van der Waals surface area contributed by atoms with Gasteiger partial charge in [0, 0.05) is 23.6 Å². The predicted octanol–water partition coefficient (Wildman–Crippen LogP) is 4.11. The molecule has 1 aromatic rings. The molecule has 3 heteroatoms. The van der Waals surface area contributed by atoms with Gasteiger partial charge in [0.05, 0.1) is 5.69 Å². The predicted molar refractivity (Wildman–Crippen MR) is 82.3 cm³/mol. The monoisotopic (exact) mass is 310 g/mol. The van der Waals surface area contributed by atoms with Gasteiger partial charge in [0.25, 0.3) is 0 Å². The summed E-state index contributed by atoms with van der Waals surface area (Å²) in [5.74, 6) is 0. The minimum absolute atomic E-state index is 0.425. The highest BCUT2D eigenvalue weighted by atomic mass is 79.9. The molecule has 1 aromatic carbocycles. The van der Waals surface area contributed by atoms with Crippen LogP contribution in [-0.4, -0.2) is 19.6 Å². The van der Waals surface area contributed by atoms with E-state index in [2.05, 4.69) is 58.2 Å². The minimum Gasteiger partial charge on any atom is -0.371 e. The third-order valence-electron chi connectivity index (χ3n) is 3.62. The second-order valence-electron chi connectivity index (χ2n) is 5.08. The van der Waals surface area contributed by atoms with Crippen molar-refractivity contribution in [3.8, 4) is 0 Å². The van der Waals surface area contributed by atoms with E-state index < -0.39 is 0 Å².